The molecule has 6 atom stereocenters. The fraction of sp³-hybridized carbons (Fsp3) is 0.528. The zero-order valence-corrected chi connectivity index (χ0v) is 29.5. The van der Waals surface area contributed by atoms with E-state index >= 15 is 0 Å². The molecule has 2 aliphatic heterocycles. The molecule has 0 aromatic heterocycles. The Hall–Kier alpha value is -3.46. The van der Waals surface area contributed by atoms with Crippen LogP contribution in [0.15, 0.2) is 78.7 Å². The number of aliphatic hydroxyl groups excluding tert-OH is 1. The third kappa shape index (κ3) is 10.8. The number of ether oxygens (including phenoxy) is 5. The maximum absolute atomic E-state index is 13.8. The Morgan fingerprint density at radius 3 is 2.53 bits per heavy atom. The molecule has 270 valence electrons. The summed E-state index contributed by atoms with van der Waals surface area (Å²) < 4.78 is 57.4. The van der Waals surface area contributed by atoms with Gasteiger partial charge in [-0.3, -0.25) is 0 Å². The Labute approximate surface area is 290 Å². The van der Waals surface area contributed by atoms with Crippen molar-refractivity contribution in [3.05, 3.63) is 79.4 Å². The van der Waals surface area contributed by atoms with Crippen LogP contribution < -0.4 is 20.1 Å². The lowest BCUT2D eigenvalue weighted by molar-refractivity contribution is -0.0908. The number of hydrogen-bond donors (Lipinski definition) is 3. The number of unbranched alkanes of at least 4 members (excludes halogenated alkanes) is 1. The molecule has 4 rings (SSSR count). The highest BCUT2D eigenvalue weighted by Crippen LogP contribution is 2.33. The van der Waals surface area contributed by atoms with E-state index in [0.717, 1.165) is 18.4 Å². The SMILES string of the molecule is C=CCCCOc1cccc(C[C@H](NC(=O)O[C@H]2CO[C@H]3OC[C@H](NCC=C)[C@H]32)[C@H](O)CN(CC(C)C)S(=O)(=O)c2ccc(OC)cc2)c1. The van der Waals surface area contributed by atoms with Crippen LogP contribution in [0.2, 0.25) is 0 Å². The summed E-state index contributed by atoms with van der Waals surface area (Å²) in [6, 6.07) is 12.5. The van der Waals surface area contributed by atoms with Crippen molar-refractivity contribution in [3.63, 3.8) is 0 Å². The molecule has 1 amide bonds. The molecule has 2 aromatic carbocycles. The Morgan fingerprint density at radius 1 is 1.08 bits per heavy atom. The molecule has 12 nitrogen and oxygen atoms in total. The van der Waals surface area contributed by atoms with E-state index in [0.29, 0.717) is 31.3 Å². The molecule has 2 aromatic rings. The Kier molecular flexibility index (Phi) is 14.5. The summed E-state index contributed by atoms with van der Waals surface area (Å²) >= 11 is 0. The van der Waals surface area contributed by atoms with E-state index in [9.17, 15) is 18.3 Å². The second-order valence-corrected chi connectivity index (χ2v) is 14.6. The number of fused-ring (bicyclic) bond motifs is 1. The molecule has 2 saturated heterocycles. The predicted molar refractivity (Wildman–Crippen MR) is 186 cm³/mol. The van der Waals surface area contributed by atoms with E-state index in [2.05, 4.69) is 23.8 Å². The van der Waals surface area contributed by atoms with Crippen LogP contribution in [0.1, 0.15) is 32.3 Å². The molecule has 0 aliphatic carbocycles. The fourth-order valence-electron chi connectivity index (χ4n) is 6.00. The first kappa shape index (κ1) is 38.3. The number of hydrogen-bond acceptors (Lipinski definition) is 10. The highest BCUT2D eigenvalue weighted by molar-refractivity contribution is 7.89. The quantitative estimate of drug-likeness (QED) is 0.137. The van der Waals surface area contributed by atoms with E-state index in [1.165, 1.54) is 23.5 Å². The average Bonchev–Trinajstić information content (AvgIpc) is 3.68. The first-order valence-corrected chi connectivity index (χ1v) is 18.2. The first-order valence-electron chi connectivity index (χ1n) is 16.7. The summed E-state index contributed by atoms with van der Waals surface area (Å²) in [5.41, 5.74) is 0.779. The summed E-state index contributed by atoms with van der Waals surface area (Å²) in [6.07, 6.45) is 2.27. The molecule has 13 heteroatoms. The molecule has 3 N–H and O–H groups in total. The number of amides is 1. The zero-order chi connectivity index (χ0) is 35.4. The van der Waals surface area contributed by atoms with Crippen molar-refractivity contribution in [1.29, 1.82) is 0 Å². The standard InChI is InChI=1S/C36H51N3O9S/c1-6-8-9-18-45-28-12-10-11-26(19-28)20-30(38-36(41)48-33-24-47-35-34(33)31(23-46-35)37-17-7-2)32(40)22-39(21-25(3)4)49(42,43)29-15-13-27(44-5)14-16-29/h6-7,10-16,19,25,30-35,37,40H,1-2,8-9,17-18,20-24H2,3-5H3,(H,38,41)/t30-,31-,32+,33-,34-,35+/m0/s1. The summed E-state index contributed by atoms with van der Waals surface area (Å²) in [4.78, 5) is 13.5. The molecular weight excluding hydrogens is 650 g/mol. The minimum Gasteiger partial charge on any atom is -0.497 e. The van der Waals surface area contributed by atoms with E-state index in [1.54, 1.807) is 18.2 Å². The fourth-order valence-corrected chi connectivity index (χ4v) is 7.62. The highest BCUT2D eigenvalue weighted by atomic mass is 32.2. The molecule has 2 heterocycles. The van der Waals surface area contributed by atoms with Crippen LogP contribution in [0, 0.1) is 11.8 Å². The molecule has 0 bridgehead atoms. The number of nitrogens with zero attached hydrogens (tertiary/aromatic N) is 1. The maximum Gasteiger partial charge on any atom is 0.407 e. The number of carbonyl (C=O) groups is 1. The van der Waals surface area contributed by atoms with Gasteiger partial charge in [-0.2, -0.15) is 4.31 Å². The summed E-state index contributed by atoms with van der Waals surface area (Å²) in [6.45, 7) is 12.8. The maximum atomic E-state index is 13.8. The van der Waals surface area contributed by atoms with Crippen LogP contribution >= 0.6 is 0 Å². The van der Waals surface area contributed by atoms with Crippen LogP contribution in [0.25, 0.3) is 0 Å². The molecule has 2 aliphatic rings. The van der Waals surface area contributed by atoms with Gasteiger partial charge in [0.05, 0.1) is 49.9 Å². The number of rotatable bonds is 20. The van der Waals surface area contributed by atoms with Crippen LogP contribution in [-0.2, 0) is 30.7 Å². The van der Waals surface area contributed by atoms with Crippen molar-refractivity contribution in [2.45, 2.75) is 68.6 Å². The first-order chi connectivity index (χ1) is 23.5. The minimum absolute atomic E-state index is 0.0434. The van der Waals surface area contributed by atoms with E-state index < -0.39 is 40.7 Å². The number of sulfonamides is 1. The van der Waals surface area contributed by atoms with Gasteiger partial charge in [-0.15, -0.1) is 13.2 Å². The smallest absolute Gasteiger partial charge is 0.407 e. The number of benzene rings is 2. The van der Waals surface area contributed by atoms with Gasteiger partial charge in [0.2, 0.25) is 10.0 Å². The second kappa shape index (κ2) is 18.5. The van der Waals surface area contributed by atoms with Crippen LogP contribution in [-0.4, -0.2) is 101 Å². The van der Waals surface area contributed by atoms with Gasteiger partial charge in [0, 0.05) is 25.7 Å². The molecule has 0 unspecified atom stereocenters. The van der Waals surface area contributed by atoms with Gasteiger partial charge in [0.1, 0.15) is 17.6 Å². The Bertz CT molecular complexity index is 1470. The molecule has 2 fully saturated rings. The molecular formula is C36H51N3O9S. The number of allylic oxidation sites excluding steroid dienone is 1. The van der Waals surface area contributed by atoms with Gasteiger partial charge in [0.25, 0.3) is 0 Å². The van der Waals surface area contributed by atoms with Gasteiger partial charge in [-0.05, 0) is 67.1 Å². The van der Waals surface area contributed by atoms with Gasteiger partial charge in [0.15, 0.2) is 6.29 Å². The molecule has 0 radical (unpaired) electrons. The lowest BCUT2D eigenvalue weighted by Gasteiger charge is -2.31. The van der Waals surface area contributed by atoms with Crippen LogP contribution in [0.4, 0.5) is 4.79 Å². The van der Waals surface area contributed by atoms with Gasteiger partial charge in [-0.25, -0.2) is 13.2 Å². The lowest BCUT2D eigenvalue weighted by Crippen LogP contribution is -2.52. The summed E-state index contributed by atoms with van der Waals surface area (Å²) in [7, 11) is -2.51. The number of methoxy groups -OCH3 is 1. The van der Waals surface area contributed by atoms with Gasteiger partial charge < -0.3 is 39.4 Å². The van der Waals surface area contributed by atoms with E-state index in [1.807, 2.05) is 44.2 Å². The minimum atomic E-state index is -4.01. The normalized spacial score (nSPS) is 21.6. The van der Waals surface area contributed by atoms with Crippen molar-refractivity contribution >= 4 is 16.1 Å². The third-order valence-corrected chi connectivity index (χ3v) is 10.3. The number of alkyl carbamates (subject to hydrolysis) is 1. The largest absolute Gasteiger partial charge is 0.497 e. The highest BCUT2D eigenvalue weighted by Gasteiger charge is 2.49. The van der Waals surface area contributed by atoms with Gasteiger partial charge >= 0.3 is 6.09 Å². The van der Waals surface area contributed by atoms with Crippen molar-refractivity contribution in [2.24, 2.45) is 11.8 Å². The number of carbonyl (C=O) groups excluding carboxylic acids is 1. The van der Waals surface area contributed by atoms with Crippen molar-refractivity contribution in [3.8, 4) is 11.5 Å². The second-order valence-electron chi connectivity index (χ2n) is 12.7. The zero-order valence-electron chi connectivity index (χ0n) is 28.7. The van der Waals surface area contributed by atoms with Crippen molar-refractivity contribution in [2.75, 3.05) is 46.6 Å². The Balaban J connectivity index is 1.54. The predicted octanol–water partition coefficient (Wildman–Crippen LogP) is 3.90. The monoisotopic (exact) mass is 701 g/mol. The molecule has 0 spiro atoms. The third-order valence-electron chi connectivity index (χ3n) is 8.46. The topological polar surface area (TPSA) is 145 Å². The Morgan fingerprint density at radius 2 is 1.84 bits per heavy atom. The van der Waals surface area contributed by atoms with Crippen LogP contribution in [0.5, 0.6) is 11.5 Å². The summed E-state index contributed by atoms with van der Waals surface area (Å²) in [5.74, 6) is 0.905. The van der Waals surface area contributed by atoms with E-state index in [4.69, 9.17) is 23.7 Å². The number of nitrogens with one attached hydrogen (secondary N) is 2. The molecule has 49 heavy (non-hydrogen) atoms. The lowest BCUT2D eigenvalue weighted by atomic mass is 9.98. The van der Waals surface area contributed by atoms with Gasteiger partial charge in [-0.1, -0.05) is 38.1 Å². The van der Waals surface area contributed by atoms with Crippen LogP contribution in [0.3, 0.4) is 0 Å². The van der Waals surface area contributed by atoms with Crippen molar-refractivity contribution < 1.29 is 42.0 Å². The van der Waals surface area contributed by atoms with Crippen molar-refractivity contribution in [1.82, 2.24) is 14.9 Å². The number of aliphatic hydroxyl groups is 1. The average molecular weight is 702 g/mol. The summed E-state index contributed by atoms with van der Waals surface area (Å²) in [5, 5.41) is 17.9. The van der Waals surface area contributed by atoms with E-state index in [-0.39, 0.29) is 48.9 Å². The molecule has 0 saturated carbocycles.